The van der Waals surface area contributed by atoms with E-state index in [4.69, 9.17) is 4.74 Å². The van der Waals surface area contributed by atoms with Crippen LogP contribution in [0.4, 0.5) is 0 Å². The molecule has 0 aliphatic carbocycles. The molecule has 3 heterocycles. The van der Waals surface area contributed by atoms with Gasteiger partial charge in [-0.15, -0.1) is 0 Å². The third-order valence-corrected chi connectivity index (χ3v) is 5.96. The van der Waals surface area contributed by atoms with Crippen LogP contribution in [0.15, 0.2) is 42.7 Å². The maximum absolute atomic E-state index is 12.0. The zero-order valence-corrected chi connectivity index (χ0v) is 16.7. The minimum Gasteiger partial charge on any atom is -0.372 e. The van der Waals surface area contributed by atoms with Crippen LogP contribution in [0, 0.1) is 0 Å². The fourth-order valence-electron chi connectivity index (χ4n) is 4.41. The Bertz CT molecular complexity index is 782. The van der Waals surface area contributed by atoms with Crippen molar-refractivity contribution in [3.05, 3.63) is 53.9 Å². The van der Waals surface area contributed by atoms with Crippen LogP contribution >= 0.6 is 0 Å². The summed E-state index contributed by atoms with van der Waals surface area (Å²) in [6, 6.07) is 10.7. The first-order valence-corrected chi connectivity index (χ1v) is 10.4. The van der Waals surface area contributed by atoms with Gasteiger partial charge in [0.15, 0.2) is 0 Å². The van der Waals surface area contributed by atoms with E-state index in [2.05, 4.69) is 34.3 Å². The summed E-state index contributed by atoms with van der Waals surface area (Å²) in [6.07, 6.45) is 6.28. The normalized spacial score (nSPS) is 19.8. The van der Waals surface area contributed by atoms with Gasteiger partial charge in [-0.2, -0.15) is 5.10 Å². The molecule has 2 saturated heterocycles. The Balaban J connectivity index is 1.36. The summed E-state index contributed by atoms with van der Waals surface area (Å²) in [5.74, 6) is 0.261. The Kier molecular flexibility index (Phi) is 5.78. The molecule has 1 aromatic heterocycles. The van der Waals surface area contributed by atoms with Crippen LogP contribution in [0.5, 0.6) is 0 Å². The summed E-state index contributed by atoms with van der Waals surface area (Å²) in [5.41, 5.74) is 2.52. The number of ether oxygens (including phenoxy) is 1. The van der Waals surface area contributed by atoms with E-state index in [1.54, 1.807) is 0 Å². The molecule has 6 heteroatoms. The van der Waals surface area contributed by atoms with Crippen molar-refractivity contribution in [3.8, 4) is 0 Å². The quantitative estimate of drug-likeness (QED) is 0.797. The Morgan fingerprint density at radius 3 is 2.64 bits per heavy atom. The second-order valence-corrected chi connectivity index (χ2v) is 8.00. The van der Waals surface area contributed by atoms with Crippen LogP contribution in [-0.4, -0.2) is 63.9 Å². The Labute approximate surface area is 167 Å². The van der Waals surface area contributed by atoms with E-state index in [0.29, 0.717) is 6.42 Å². The van der Waals surface area contributed by atoms with Crippen LogP contribution in [0.1, 0.15) is 37.3 Å². The molecule has 28 heavy (non-hydrogen) atoms. The number of morpholine rings is 1. The molecule has 0 unspecified atom stereocenters. The number of piperidine rings is 1. The summed E-state index contributed by atoms with van der Waals surface area (Å²) < 4.78 is 8.19. The average molecular weight is 383 g/mol. The standard InChI is InChI=1S/C22H30N4O2/c1-2-21(27)25-11-7-22(8-12-25)18-24(13-14-28-22)16-19-5-3-6-20(15-19)17-26-10-4-9-23-26/h3-6,9-10,15H,2,7-8,11-14,16-18H2,1H3. The maximum Gasteiger partial charge on any atom is 0.222 e. The number of nitrogens with zero attached hydrogens (tertiary/aromatic N) is 4. The largest absolute Gasteiger partial charge is 0.372 e. The van der Waals surface area contributed by atoms with Crippen molar-refractivity contribution in [2.24, 2.45) is 0 Å². The van der Waals surface area contributed by atoms with Gasteiger partial charge in [0, 0.05) is 51.5 Å². The molecular formula is C22H30N4O2. The van der Waals surface area contributed by atoms with Gasteiger partial charge in [-0.25, -0.2) is 0 Å². The van der Waals surface area contributed by atoms with Gasteiger partial charge in [-0.1, -0.05) is 31.2 Å². The van der Waals surface area contributed by atoms with Crippen molar-refractivity contribution in [1.82, 2.24) is 19.6 Å². The van der Waals surface area contributed by atoms with Crippen molar-refractivity contribution in [2.45, 2.75) is 44.9 Å². The molecule has 4 rings (SSSR count). The van der Waals surface area contributed by atoms with Gasteiger partial charge in [-0.05, 0) is 30.0 Å². The number of aromatic nitrogens is 2. The SMILES string of the molecule is CCC(=O)N1CCC2(CC1)CN(Cc1cccc(Cn3cccn3)c1)CCO2. The monoisotopic (exact) mass is 382 g/mol. The first-order chi connectivity index (χ1) is 13.7. The van der Waals surface area contributed by atoms with Gasteiger partial charge < -0.3 is 9.64 Å². The predicted octanol–water partition coefficient (Wildman–Crippen LogP) is 2.53. The summed E-state index contributed by atoms with van der Waals surface area (Å²) in [4.78, 5) is 16.5. The number of amides is 1. The number of carbonyl (C=O) groups is 1. The third-order valence-electron chi connectivity index (χ3n) is 5.96. The molecule has 1 spiro atoms. The zero-order chi connectivity index (χ0) is 19.4. The molecule has 2 aliphatic heterocycles. The maximum atomic E-state index is 12.0. The number of likely N-dealkylation sites (tertiary alicyclic amines) is 1. The minimum absolute atomic E-state index is 0.0879. The molecule has 2 fully saturated rings. The van der Waals surface area contributed by atoms with Crippen LogP contribution in [-0.2, 0) is 22.6 Å². The molecule has 0 N–H and O–H groups in total. The highest BCUT2D eigenvalue weighted by atomic mass is 16.5. The number of hydrogen-bond donors (Lipinski definition) is 0. The van der Waals surface area contributed by atoms with Crippen molar-refractivity contribution >= 4 is 5.91 Å². The molecule has 0 bridgehead atoms. The fourth-order valence-corrected chi connectivity index (χ4v) is 4.41. The number of benzene rings is 1. The van der Waals surface area contributed by atoms with E-state index in [1.165, 1.54) is 11.1 Å². The molecule has 0 radical (unpaired) electrons. The first kappa shape index (κ1) is 19.2. The number of carbonyl (C=O) groups excluding carboxylic acids is 1. The second kappa shape index (κ2) is 8.45. The van der Waals surface area contributed by atoms with Gasteiger partial charge in [-0.3, -0.25) is 14.4 Å². The van der Waals surface area contributed by atoms with E-state index in [0.717, 1.165) is 58.7 Å². The predicted molar refractivity (Wildman–Crippen MR) is 108 cm³/mol. The second-order valence-electron chi connectivity index (χ2n) is 8.00. The van der Waals surface area contributed by atoms with Gasteiger partial charge in [0.2, 0.25) is 5.91 Å². The lowest BCUT2D eigenvalue weighted by Gasteiger charge is -2.47. The van der Waals surface area contributed by atoms with Crippen molar-refractivity contribution < 1.29 is 9.53 Å². The highest BCUT2D eigenvalue weighted by Gasteiger charge is 2.40. The van der Waals surface area contributed by atoms with Crippen LogP contribution in [0.25, 0.3) is 0 Å². The molecule has 0 atom stereocenters. The number of hydrogen-bond acceptors (Lipinski definition) is 4. The molecule has 1 aromatic carbocycles. The van der Waals surface area contributed by atoms with Gasteiger partial charge in [0.25, 0.3) is 0 Å². The van der Waals surface area contributed by atoms with E-state index >= 15 is 0 Å². The van der Waals surface area contributed by atoms with Crippen molar-refractivity contribution in [1.29, 1.82) is 0 Å². The van der Waals surface area contributed by atoms with Gasteiger partial charge >= 0.3 is 0 Å². The lowest BCUT2D eigenvalue weighted by molar-refractivity contribution is -0.151. The Hall–Kier alpha value is -2.18. The lowest BCUT2D eigenvalue weighted by atomic mass is 9.89. The summed E-state index contributed by atoms with van der Waals surface area (Å²) in [7, 11) is 0. The van der Waals surface area contributed by atoms with E-state index in [9.17, 15) is 4.79 Å². The Morgan fingerprint density at radius 1 is 1.14 bits per heavy atom. The zero-order valence-electron chi connectivity index (χ0n) is 16.7. The van der Waals surface area contributed by atoms with E-state index in [-0.39, 0.29) is 11.5 Å². The minimum atomic E-state index is -0.0879. The summed E-state index contributed by atoms with van der Waals surface area (Å²) in [5, 5.41) is 4.30. The summed E-state index contributed by atoms with van der Waals surface area (Å²) in [6.45, 7) is 8.00. The highest BCUT2D eigenvalue weighted by molar-refractivity contribution is 5.75. The number of rotatable bonds is 5. The lowest BCUT2D eigenvalue weighted by Crippen LogP contribution is -2.57. The van der Waals surface area contributed by atoms with Crippen molar-refractivity contribution in [2.75, 3.05) is 32.8 Å². The van der Waals surface area contributed by atoms with Crippen LogP contribution < -0.4 is 0 Å². The van der Waals surface area contributed by atoms with Gasteiger partial charge in [0.05, 0.1) is 18.8 Å². The topological polar surface area (TPSA) is 50.6 Å². The fraction of sp³-hybridized carbons (Fsp3) is 0.545. The Morgan fingerprint density at radius 2 is 1.93 bits per heavy atom. The molecular weight excluding hydrogens is 352 g/mol. The van der Waals surface area contributed by atoms with Gasteiger partial charge in [0.1, 0.15) is 0 Å². The molecule has 0 saturated carbocycles. The first-order valence-electron chi connectivity index (χ1n) is 10.4. The van der Waals surface area contributed by atoms with E-state index < -0.39 is 0 Å². The highest BCUT2D eigenvalue weighted by Crippen LogP contribution is 2.31. The molecule has 150 valence electrons. The van der Waals surface area contributed by atoms with E-state index in [1.807, 2.05) is 35.0 Å². The van der Waals surface area contributed by atoms with Crippen LogP contribution in [0.3, 0.4) is 0 Å². The van der Waals surface area contributed by atoms with Crippen LogP contribution in [0.2, 0.25) is 0 Å². The molecule has 2 aliphatic rings. The van der Waals surface area contributed by atoms with Crippen molar-refractivity contribution in [3.63, 3.8) is 0 Å². The molecule has 6 nitrogen and oxygen atoms in total. The third kappa shape index (κ3) is 4.45. The summed E-state index contributed by atoms with van der Waals surface area (Å²) >= 11 is 0. The average Bonchev–Trinajstić information content (AvgIpc) is 3.21. The smallest absolute Gasteiger partial charge is 0.222 e. The molecule has 1 amide bonds. The molecule has 2 aromatic rings.